The van der Waals surface area contributed by atoms with Gasteiger partial charge in [-0.25, -0.2) is 0 Å². The molecule has 0 heterocycles. The maximum atomic E-state index is 12.0. The van der Waals surface area contributed by atoms with Gasteiger partial charge in [-0.2, -0.15) is 0 Å². The Hall–Kier alpha value is -2.76. The van der Waals surface area contributed by atoms with E-state index in [9.17, 15) is 23.1 Å². The van der Waals surface area contributed by atoms with E-state index in [-0.39, 0.29) is 17.3 Å². The summed E-state index contributed by atoms with van der Waals surface area (Å²) < 4.78 is 39.8. The van der Waals surface area contributed by atoms with Gasteiger partial charge in [0.15, 0.2) is 5.78 Å². The van der Waals surface area contributed by atoms with Crippen LogP contribution in [0.2, 0.25) is 0 Å². The molecule has 0 aliphatic carbocycles. The number of hydrogen-bond acceptors (Lipinski definition) is 3. The first-order valence-electron chi connectivity index (χ1n) is 6.21. The molecular formula is C16H11F3O3. The topological polar surface area (TPSA) is 46.5 Å². The summed E-state index contributed by atoms with van der Waals surface area (Å²) in [5, 5.41) is 9.29. The van der Waals surface area contributed by atoms with Gasteiger partial charge in [0.05, 0.1) is 0 Å². The molecule has 0 saturated heterocycles. The highest BCUT2D eigenvalue weighted by Gasteiger charge is 2.30. The number of carbonyl (C=O) groups excluding carboxylic acids is 1. The summed E-state index contributed by atoms with van der Waals surface area (Å²) >= 11 is 0. The van der Waals surface area contributed by atoms with Crippen LogP contribution in [-0.4, -0.2) is 17.3 Å². The lowest BCUT2D eigenvalue weighted by molar-refractivity contribution is -0.274. The molecule has 1 N–H and O–H groups in total. The fourth-order valence-electron chi connectivity index (χ4n) is 1.71. The van der Waals surface area contributed by atoms with Gasteiger partial charge in [-0.15, -0.1) is 13.2 Å². The number of rotatable bonds is 4. The number of ketones is 1. The minimum absolute atomic E-state index is 0.0205. The molecule has 0 saturated carbocycles. The van der Waals surface area contributed by atoms with Crippen LogP contribution in [0.3, 0.4) is 0 Å². The van der Waals surface area contributed by atoms with Crippen LogP contribution < -0.4 is 4.74 Å². The van der Waals surface area contributed by atoms with Crippen LogP contribution in [-0.2, 0) is 0 Å². The van der Waals surface area contributed by atoms with E-state index in [1.165, 1.54) is 36.4 Å². The van der Waals surface area contributed by atoms with E-state index in [2.05, 4.69) is 4.74 Å². The van der Waals surface area contributed by atoms with Gasteiger partial charge >= 0.3 is 6.36 Å². The normalized spacial score (nSPS) is 11.6. The molecule has 3 nitrogen and oxygen atoms in total. The van der Waals surface area contributed by atoms with Gasteiger partial charge in [0.25, 0.3) is 0 Å². The van der Waals surface area contributed by atoms with Crippen molar-refractivity contribution in [1.29, 1.82) is 0 Å². The molecule has 2 aromatic carbocycles. The van der Waals surface area contributed by atoms with E-state index in [4.69, 9.17) is 0 Å². The number of carbonyl (C=O) groups is 1. The largest absolute Gasteiger partial charge is 0.573 e. The molecule has 2 rings (SSSR count). The van der Waals surface area contributed by atoms with Crippen LogP contribution >= 0.6 is 0 Å². The second-order valence-corrected chi connectivity index (χ2v) is 4.36. The van der Waals surface area contributed by atoms with Crippen molar-refractivity contribution in [2.75, 3.05) is 0 Å². The number of allylic oxidation sites excluding steroid dienone is 1. The lowest BCUT2D eigenvalue weighted by Gasteiger charge is -2.08. The van der Waals surface area contributed by atoms with Gasteiger partial charge in [0.1, 0.15) is 11.5 Å². The standard InChI is InChI=1S/C16H11F3O3/c17-16(18,19)22-14-7-4-11(5-8-14)6-9-15(21)12-2-1-3-13(20)10-12/h1-10,20H/b9-6+. The van der Waals surface area contributed by atoms with Crippen LogP contribution in [0.4, 0.5) is 13.2 Å². The molecule has 0 bridgehead atoms. The van der Waals surface area contributed by atoms with Crippen molar-refractivity contribution < 1.29 is 27.8 Å². The van der Waals surface area contributed by atoms with Crippen LogP contribution in [0.1, 0.15) is 15.9 Å². The van der Waals surface area contributed by atoms with E-state index in [1.54, 1.807) is 12.1 Å². The molecule has 0 aliphatic heterocycles. The molecule has 0 unspecified atom stereocenters. The number of alkyl halides is 3. The molecule has 114 valence electrons. The number of hydrogen-bond donors (Lipinski definition) is 1. The third-order valence-corrected chi connectivity index (χ3v) is 2.67. The molecule has 0 aliphatic rings. The highest BCUT2D eigenvalue weighted by Crippen LogP contribution is 2.23. The van der Waals surface area contributed by atoms with E-state index in [0.717, 1.165) is 12.1 Å². The monoisotopic (exact) mass is 308 g/mol. The predicted octanol–water partition coefficient (Wildman–Crippen LogP) is 4.19. The van der Waals surface area contributed by atoms with Gasteiger partial charge in [0, 0.05) is 5.56 Å². The van der Waals surface area contributed by atoms with Crippen molar-refractivity contribution in [3.63, 3.8) is 0 Å². The van der Waals surface area contributed by atoms with Gasteiger partial charge in [-0.1, -0.05) is 30.3 Å². The SMILES string of the molecule is O=C(/C=C/c1ccc(OC(F)(F)F)cc1)c1cccc(O)c1. The van der Waals surface area contributed by atoms with Gasteiger partial charge in [0.2, 0.25) is 0 Å². The van der Waals surface area contributed by atoms with Gasteiger partial charge in [-0.3, -0.25) is 4.79 Å². The van der Waals surface area contributed by atoms with Gasteiger partial charge in [-0.05, 0) is 35.9 Å². The van der Waals surface area contributed by atoms with E-state index < -0.39 is 6.36 Å². The molecule has 22 heavy (non-hydrogen) atoms. The molecule has 2 aromatic rings. The molecule has 6 heteroatoms. The van der Waals surface area contributed by atoms with Crippen LogP contribution in [0.5, 0.6) is 11.5 Å². The second kappa shape index (κ2) is 6.34. The molecule has 0 fully saturated rings. The Labute approximate surface area is 124 Å². The fourth-order valence-corrected chi connectivity index (χ4v) is 1.71. The Balaban J connectivity index is 2.05. The number of halogens is 3. The Bertz CT molecular complexity index is 689. The van der Waals surface area contributed by atoms with Crippen molar-refractivity contribution >= 4 is 11.9 Å². The highest BCUT2D eigenvalue weighted by atomic mass is 19.4. The summed E-state index contributed by atoms with van der Waals surface area (Å²) in [7, 11) is 0. The molecule has 0 spiro atoms. The average Bonchev–Trinajstić information content (AvgIpc) is 2.44. The van der Waals surface area contributed by atoms with Crippen molar-refractivity contribution in [2.45, 2.75) is 6.36 Å². The number of phenolic OH excluding ortho intramolecular Hbond substituents is 1. The maximum Gasteiger partial charge on any atom is 0.573 e. The van der Waals surface area contributed by atoms with Crippen molar-refractivity contribution in [3.05, 3.63) is 65.7 Å². The molecule has 0 radical (unpaired) electrons. The first-order chi connectivity index (χ1) is 10.3. The Morgan fingerprint density at radius 2 is 1.77 bits per heavy atom. The highest BCUT2D eigenvalue weighted by molar-refractivity contribution is 6.07. The zero-order valence-electron chi connectivity index (χ0n) is 11.2. The van der Waals surface area contributed by atoms with Crippen LogP contribution in [0.15, 0.2) is 54.6 Å². The average molecular weight is 308 g/mol. The summed E-state index contributed by atoms with van der Waals surface area (Å²) in [6.45, 7) is 0. The minimum Gasteiger partial charge on any atom is -0.508 e. The number of phenols is 1. The summed E-state index contributed by atoms with van der Waals surface area (Å²) in [4.78, 5) is 11.9. The Kier molecular flexibility index (Phi) is 4.50. The Morgan fingerprint density at radius 3 is 2.36 bits per heavy atom. The zero-order valence-corrected chi connectivity index (χ0v) is 11.2. The molecule has 0 atom stereocenters. The Morgan fingerprint density at radius 1 is 1.09 bits per heavy atom. The van der Waals surface area contributed by atoms with Crippen LogP contribution in [0, 0.1) is 0 Å². The number of aromatic hydroxyl groups is 1. The number of ether oxygens (including phenoxy) is 1. The maximum absolute atomic E-state index is 12.0. The van der Waals surface area contributed by atoms with Crippen molar-refractivity contribution in [1.82, 2.24) is 0 Å². The van der Waals surface area contributed by atoms with Crippen LogP contribution in [0.25, 0.3) is 6.08 Å². The summed E-state index contributed by atoms with van der Waals surface area (Å²) in [5.41, 5.74) is 0.858. The lowest BCUT2D eigenvalue weighted by Crippen LogP contribution is -2.16. The fraction of sp³-hybridized carbons (Fsp3) is 0.0625. The van der Waals surface area contributed by atoms with E-state index >= 15 is 0 Å². The predicted molar refractivity (Wildman–Crippen MR) is 74.6 cm³/mol. The molecule has 0 amide bonds. The zero-order chi connectivity index (χ0) is 16.2. The van der Waals surface area contributed by atoms with Crippen molar-refractivity contribution in [3.8, 4) is 11.5 Å². The van der Waals surface area contributed by atoms with Gasteiger partial charge < -0.3 is 9.84 Å². The van der Waals surface area contributed by atoms with E-state index in [1.807, 2.05) is 0 Å². The summed E-state index contributed by atoms with van der Waals surface area (Å²) in [5.74, 6) is -0.677. The van der Waals surface area contributed by atoms with Crippen molar-refractivity contribution in [2.24, 2.45) is 0 Å². The third-order valence-electron chi connectivity index (χ3n) is 2.67. The first kappa shape index (κ1) is 15.6. The number of benzene rings is 2. The quantitative estimate of drug-likeness (QED) is 0.680. The third kappa shape index (κ3) is 4.66. The first-order valence-corrected chi connectivity index (χ1v) is 6.21. The summed E-state index contributed by atoms with van der Waals surface area (Å²) in [6.07, 6.45) is -2.00. The second-order valence-electron chi connectivity index (χ2n) is 4.36. The summed E-state index contributed by atoms with van der Waals surface area (Å²) in [6, 6.07) is 11.0. The molecule has 0 aromatic heterocycles. The minimum atomic E-state index is -4.73. The van der Waals surface area contributed by atoms with E-state index in [0.29, 0.717) is 11.1 Å². The smallest absolute Gasteiger partial charge is 0.508 e. The lowest BCUT2D eigenvalue weighted by atomic mass is 10.1. The molecular weight excluding hydrogens is 297 g/mol.